The number of methoxy groups -OCH3 is 1. The van der Waals surface area contributed by atoms with Crippen LogP contribution in [0, 0.1) is 6.92 Å². The Bertz CT molecular complexity index is 739. The van der Waals surface area contributed by atoms with Crippen molar-refractivity contribution in [1.82, 2.24) is 10.2 Å². The molecule has 5 heteroatoms. The molecular weight excluding hydrogens is 328 g/mol. The second-order valence-corrected chi connectivity index (χ2v) is 6.37. The molecule has 0 radical (unpaired) electrons. The van der Waals surface area contributed by atoms with Gasteiger partial charge in [0.15, 0.2) is 0 Å². The molecule has 2 rings (SSSR count). The van der Waals surface area contributed by atoms with E-state index in [1.165, 1.54) is 12.5 Å². The fourth-order valence-corrected chi connectivity index (χ4v) is 2.63. The highest BCUT2D eigenvalue weighted by atomic mass is 16.5. The molecule has 0 heterocycles. The lowest BCUT2D eigenvalue weighted by molar-refractivity contribution is -0.139. The normalized spacial score (nSPS) is 11.5. The number of hydrogen-bond donors (Lipinski definition) is 1. The van der Waals surface area contributed by atoms with Gasteiger partial charge in [-0.1, -0.05) is 42.0 Å². The van der Waals surface area contributed by atoms with E-state index in [0.29, 0.717) is 13.1 Å². The van der Waals surface area contributed by atoms with E-state index in [4.69, 9.17) is 4.74 Å². The number of ether oxygens (including phenoxy) is 1. The van der Waals surface area contributed by atoms with E-state index in [-0.39, 0.29) is 11.8 Å². The van der Waals surface area contributed by atoms with Crippen LogP contribution >= 0.6 is 0 Å². The molecule has 0 unspecified atom stereocenters. The van der Waals surface area contributed by atoms with Crippen LogP contribution in [0.25, 0.3) is 0 Å². The molecule has 0 saturated carbocycles. The molecule has 0 aliphatic rings. The molecule has 0 bridgehead atoms. The summed E-state index contributed by atoms with van der Waals surface area (Å²) in [5.41, 5.74) is 3.15. The van der Waals surface area contributed by atoms with Gasteiger partial charge in [0.2, 0.25) is 11.8 Å². The molecule has 2 aromatic carbocycles. The fourth-order valence-electron chi connectivity index (χ4n) is 2.63. The quantitative estimate of drug-likeness (QED) is 0.831. The number of hydrogen-bond acceptors (Lipinski definition) is 3. The summed E-state index contributed by atoms with van der Waals surface area (Å²) in [5, 5.41) is 2.90. The highest BCUT2D eigenvalue weighted by molar-refractivity contribution is 5.86. The van der Waals surface area contributed by atoms with Gasteiger partial charge in [-0.2, -0.15) is 0 Å². The van der Waals surface area contributed by atoms with Crippen molar-refractivity contribution in [2.24, 2.45) is 0 Å². The molecule has 5 nitrogen and oxygen atoms in total. The monoisotopic (exact) mass is 354 g/mol. The summed E-state index contributed by atoms with van der Waals surface area (Å²) in [6.45, 7) is 6.06. The first kappa shape index (κ1) is 19.5. The topological polar surface area (TPSA) is 58.6 Å². The van der Waals surface area contributed by atoms with E-state index in [0.717, 1.165) is 16.9 Å². The standard InChI is InChI=1S/C21H26N2O3/c1-15-5-7-18(8-6-15)13-22-21(25)16(2)23(17(3)24)14-19-9-11-20(26-4)12-10-19/h5-12,16H,13-14H2,1-4H3,(H,22,25)/t16-/m0/s1. The van der Waals surface area contributed by atoms with Gasteiger partial charge in [0, 0.05) is 20.0 Å². The largest absolute Gasteiger partial charge is 0.497 e. The van der Waals surface area contributed by atoms with Crippen molar-refractivity contribution < 1.29 is 14.3 Å². The van der Waals surface area contributed by atoms with Gasteiger partial charge in [0.25, 0.3) is 0 Å². The minimum atomic E-state index is -0.556. The summed E-state index contributed by atoms with van der Waals surface area (Å²) >= 11 is 0. The third kappa shape index (κ3) is 5.34. The Labute approximate surface area is 155 Å². The Morgan fingerprint density at radius 3 is 2.15 bits per heavy atom. The maximum atomic E-state index is 12.5. The van der Waals surface area contributed by atoms with Gasteiger partial charge in [-0.05, 0) is 37.1 Å². The smallest absolute Gasteiger partial charge is 0.242 e. The number of carbonyl (C=O) groups is 2. The Hall–Kier alpha value is -2.82. The van der Waals surface area contributed by atoms with Crippen molar-refractivity contribution in [1.29, 1.82) is 0 Å². The van der Waals surface area contributed by atoms with Crippen molar-refractivity contribution in [2.75, 3.05) is 7.11 Å². The minimum absolute atomic E-state index is 0.140. The second-order valence-electron chi connectivity index (χ2n) is 6.37. The van der Waals surface area contributed by atoms with Gasteiger partial charge in [-0.3, -0.25) is 9.59 Å². The van der Waals surface area contributed by atoms with E-state index in [9.17, 15) is 9.59 Å². The van der Waals surface area contributed by atoms with Crippen LogP contribution in [-0.2, 0) is 22.7 Å². The molecule has 0 aliphatic carbocycles. The van der Waals surface area contributed by atoms with Crippen molar-refractivity contribution in [3.63, 3.8) is 0 Å². The van der Waals surface area contributed by atoms with Gasteiger partial charge in [0.05, 0.1) is 7.11 Å². The van der Waals surface area contributed by atoms with E-state index < -0.39 is 6.04 Å². The Morgan fingerprint density at radius 2 is 1.62 bits per heavy atom. The molecule has 2 amide bonds. The Morgan fingerprint density at radius 1 is 1.04 bits per heavy atom. The molecule has 0 aromatic heterocycles. The predicted molar refractivity (Wildman–Crippen MR) is 102 cm³/mol. The molecule has 138 valence electrons. The average molecular weight is 354 g/mol. The van der Waals surface area contributed by atoms with Gasteiger partial charge in [-0.25, -0.2) is 0 Å². The molecule has 2 aromatic rings. The lowest BCUT2D eigenvalue weighted by Crippen LogP contribution is -2.46. The van der Waals surface area contributed by atoms with Crippen LogP contribution in [0.3, 0.4) is 0 Å². The van der Waals surface area contributed by atoms with E-state index in [2.05, 4.69) is 5.32 Å². The minimum Gasteiger partial charge on any atom is -0.497 e. The van der Waals surface area contributed by atoms with Gasteiger partial charge in [-0.15, -0.1) is 0 Å². The number of rotatable bonds is 7. The third-order valence-electron chi connectivity index (χ3n) is 4.35. The molecule has 0 fully saturated rings. The number of amides is 2. The summed E-state index contributed by atoms with van der Waals surface area (Å²) in [5.74, 6) is 0.445. The number of carbonyl (C=O) groups excluding carboxylic acids is 2. The molecule has 0 spiro atoms. The second kappa shape index (κ2) is 9.04. The maximum Gasteiger partial charge on any atom is 0.242 e. The van der Waals surface area contributed by atoms with Crippen LogP contribution in [0.15, 0.2) is 48.5 Å². The lowest BCUT2D eigenvalue weighted by Gasteiger charge is -2.27. The van der Waals surface area contributed by atoms with Crippen molar-refractivity contribution in [3.05, 3.63) is 65.2 Å². The molecule has 1 N–H and O–H groups in total. The zero-order valence-electron chi connectivity index (χ0n) is 15.8. The zero-order chi connectivity index (χ0) is 19.1. The highest BCUT2D eigenvalue weighted by Crippen LogP contribution is 2.15. The summed E-state index contributed by atoms with van der Waals surface area (Å²) in [6.07, 6.45) is 0. The molecule has 0 saturated heterocycles. The van der Waals surface area contributed by atoms with E-state index in [1.54, 1.807) is 18.9 Å². The van der Waals surface area contributed by atoms with Crippen LogP contribution in [-0.4, -0.2) is 29.9 Å². The van der Waals surface area contributed by atoms with Crippen molar-refractivity contribution in [3.8, 4) is 5.75 Å². The fraction of sp³-hybridized carbons (Fsp3) is 0.333. The van der Waals surface area contributed by atoms with Crippen LogP contribution in [0.5, 0.6) is 5.75 Å². The number of benzene rings is 2. The van der Waals surface area contributed by atoms with E-state index in [1.807, 2.05) is 55.5 Å². The molecule has 0 aliphatic heterocycles. The average Bonchev–Trinajstić information content (AvgIpc) is 2.65. The van der Waals surface area contributed by atoms with Gasteiger partial charge >= 0.3 is 0 Å². The van der Waals surface area contributed by atoms with Gasteiger partial charge in [0.1, 0.15) is 11.8 Å². The SMILES string of the molecule is COc1ccc(CN(C(C)=O)[C@@H](C)C(=O)NCc2ccc(C)cc2)cc1. The lowest BCUT2D eigenvalue weighted by atomic mass is 10.1. The Balaban J connectivity index is 1.99. The van der Waals surface area contributed by atoms with Crippen LogP contribution < -0.4 is 10.1 Å². The summed E-state index contributed by atoms with van der Waals surface area (Å²) in [4.78, 5) is 26.1. The maximum absolute atomic E-state index is 12.5. The molecule has 1 atom stereocenters. The van der Waals surface area contributed by atoms with Crippen molar-refractivity contribution in [2.45, 2.75) is 39.9 Å². The zero-order valence-corrected chi connectivity index (χ0v) is 15.8. The third-order valence-corrected chi connectivity index (χ3v) is 4.35. The summed E-state index contributed by atoms with van der Waals surface area (Å²) in [6, 6.07) is 14.9. The van der Waals surface area contributed by atoms with Crippen molar-refractivity contribution >= 4 is 11.8 Å². The Kier molecular flexibility index (Phi) is 6.78. The molecule has 26 heavy (non-hydrogen) atoms. The first-order chi connectivity index (χ1) is 12.4. The summed E-state index contributed by atoms with van der Waals surface area (Å²) in [7, 11) is 1.61. The first-order valence-electron chi connectivity index (χ1n) is 8.64. The predicted octanol–water partition coefficient (Wildman–Crippen LogP) is 3.06. The highest BCUT2D eigenvalue weighted by Gasteiger charge is 2.23. The van der Waals surface area contributed by atoms with Crippen LogP contribution in [0.4, 0.5) is 0 Å². The van der Waals surface area contributed by atoms with E-state index >= 15 is 0 Å². The molecular formula is C21H26N2O3. The number of nitrogens with zero attached hydrogens (tertiary/aromatic N) is 1. The van der Waals surface area contributed by atoms with Crippen LogP contribution in [0.2, 0.25) is 0 Å². The first-order valence-corrected chi connectivity index (χ1v) is 8.64. The van der Waals surface area contributed by atoms with Crippen LogP contribution in [0.1, 0.15) is 30.5 Å². The number of nitrogens with one attached hydrogen (secondary N) is 1. The summed E-state index contributed by atoms with van der Waals surface area (Å²) < 4.78 is 5.14. The number of aryl methyl sites for hydroxylation is 1. The van der Waals surface area contributed by atoms with Gasteiger partial charge < -0.3 is 15.0 Å².